The van der Waals surface area contributed by atoms with Gasteiger partial charge in [0, 0.05) is 25.0 Å². The molecule has 6 heteroatoms. The van der Waals surface area contributed by atoms with Crippen LogP contribution in [0.15, 0.2) is 24.8 Å². The molecule has 0 saturated carbocycles. The molecule has 1 atom stereocenters. The molecule has 0 bridgehead atoms. The highest BCUT2D eigenvalue weighted by Crippen LogP contribution is 1.97. The molecule has 0 spiro atoms. The monoisotopic (exact) mass is 248 g/mol. The third-order valence-corrected chi connectivity index (χ3v) is 2.76. The van der Waals surface area contributed by atoms with Gasteiger partial charge in [0.1, 0.15) is 12.2 Å². The Morgan fingerprint density at radius 3 is 3.00 bits per heavy atom. The van der Waals surface area contributed by atoms with Crippen LogP contribution >= 0.6 is 0 Å². The summed E-state index contributed by atoms with van der Waals surface area (Å²) in [5.41, 5.74) is 0. The Balaban J connectivity index is 1.81. The molecule has 2 heterocycles. The lowest BCUT2D eigenvalue weighted by Crippen LogP contribution is -2.31. The molecule has 1 N–H and O–H groups in total. The molecule has 2 rings (SSSR count). The van der Waals surface area contributed by atoms with E-state index in [0.29, 0.717) is 6.04 Å². The maximum absolute atomic E-state index is 4.27. The summed E-state index contributed by atoms with van der Waals surface area (Å²) in [5, 5.41) is 11.8. The van der Waals surface area contributed by atoms with Crippen molar-refractivity contribution in [2.45, 2.75) is 45.9 Å². The second-order valence-electron chi connectivity index (χ2n) is 4.41. The van der Waals surface area contributed by atoms with Crippen molar-refractivity contribution in [2.75, 3.05) is 0 Å². The maximum Gasteiger partial charge on any atom is 0.140 e. The van der Waals surface area contributed by atoms with Gasteiger partial charge in [-0.2, -0.15) is 10.2 Å². The van der Waals surface area contributed by atoms with Gasteiger partial charge in [0.15, 0.2) is 0 Å². The smallest absolute Gasteiger partial charge is 0.140 e. The van der Waals surface area contributed by atoms with Crippen molar-refractivity contribution in [1.29, 1.82) is 0 Å². The third kappa shape index (κ3) is 3.40. The summed E-state index contributed by atoms with van der Waals surface area (Å²) in [6.45, 7) is 6.79. The van der Waals surface area contributed by atoms with E-state index in [4.69, 9.17) is 0 Å². The number of rotatable bonds is 7. The van der Waals surface area contributed by atoms with Crippen molar-refractivity contribution in [3.05, 3.63) is 30.6 Å². The van der Waals surface area contributed by atoms with Crippen molar-refractivity contribution in [1.82, 2.24) is 29.9 Å². The van der Waals surface area contributed by atoms with Crippen LogP contribution in [-0.4, -0.2) is 30.6 Å². The molecule has 0 saturated heterocycles. The molecule has 0 amide bonds. The van der Waals surface area contributed by atoms with E-state index in [1.54, 1.807) is 12.5 Å². The number of hydrogen-bond donors (Lipinski definition) is 1. The molecule has 0 aliphatic heterocycles. The van der Waals surface area contributed by atoms with Gasteiger partial charge in [-0.3, -0.25) is 4.68 Å². The fourth-order valence-electron chi connectivity index (χ4n) is 1.84. The van der Waals surface area contributed by atoms with Crippen LogP contribution in [0.1, 0.15) is 26.1 Å². The average molecular weight is 248 g/mol. The average Bonchev–Trinajstić information content (AvgIpc) is 2.99. The summed E-state index contributed by atoms with van der Waals surface area (Å²) >= 11 is 0. The second-order valence-corrected chi connectivity index (χ2v) is 4.41. The highest BCUT2D eigenvalue weighted by molar-refractivity contribution is 4.85. The Morgan fingerprint density at radius 2 is 2.28 bits per heavy atom. The first-order chi connectivity index (χ1) is 8.79. The van der Waals surface area contributed by atoms with Gasteiger partial charge in [-0.25, -0.2) is 9.67 Å². The lowest BCUT2D eigenvalue weighted by molar-refractivity contribution is 0.435. The topological polar surface area (TPSA) is 60.6 Å². The Morgan fingerprint density at radius 1 is 1.39 bits per heavy atom. The molecule has 0 aliphatic carbocycles. The van der Waals surface area contributed by atoms with Gasteiger partial charge in [0.05, 0.1) is 13.1 Å². The molecule has 6 nitrogen and oxygen atoms in total. The van der Waals surface area contributed by atoms with Gasteiger partial charge in [-0.15, -0.1) is 0 Å². The van der Waals surface area contributed by atoms with E-state index in [2.05, 4.69) is 34.3 Å². The minimum atomic E-state index is 0.344. The summed E-state index contributed by atoms with van der Waals surface area (Å²) in [4.78, 5) is 4.27. The normalized spacial score (nSPS) is 12.8. The molecule has 0 radical (unpaired) electrons. The van der Waals surface area contributed by atoms with E-state index in [0.717, 1.165) is 31.9 Å². The summed E-state index contributed by atoms with van der Waals surface area (Å²) in [5.74, 6) is 0.990. The fourth-order valence-corrected chi connectivity index (χ4v) is 1.84. The van der Waals surface area contributed by atoms with E-state index in [1.165, 1.54) is 0 Å². The number of aromatic nitrogens is 5. The zero-order valence-corrected chi connectivity index (χ0v) is 11.0. The molecule has 1 unspecified atom stereocenters. The van der Waals surface area contributed by atoms with Crippen LogP contribution in [0.25, 0.3) is 0 Å². The van der Waals surface area contributed by atoms with Gasteiger partial charge in [-0.05, 0) is 19.4 Å². The van der Waals surface area contributed by atoms with E-state index < -0.39 is 0 Å². The summed E-state index contributed by atoms with van der Waals surface area (Å²) in [6.07, 6.45) is 6.45. The van der Waals surface area contributed by atoms with Gasteiger partial charge >= 0.3 is 0 Å². The molecule has 2 aromatic rings. The largest absolute Gasteiger partial charge is 0.305 e. The van der Waals surface area contributed by atoms with Gasteiger partial charge in [-0.1, -0.05) is 6.92 Å². The van der Waals surface area contributed by atoms with Crippen LogP contribution in [0, 0.1) is 0 Å². The summed E-state index contributed by atoms with van der Waals surface area (Å²) in [7, 11) is 0. The SMILES string of the molecule is CCCn1ncnc1CNC(C)Cn1cccn1. The molecule has 18 heavy (non-hydrogen) atoms. The number of nitrogens with zero attached hydrogens (tertiary/aromatic N) is 5. The van der Waals surface area contributed by atoms with Crippen LogP contribution < -0.4 is 5.32 Å². The molecule has 0 aliphatic rings. The maximum atomic E-state index is 4.27. The molecular weight excluding hydrogens is 228 g/mol. The highest BCUT2D eigenvalue weighted by atomic mass is 15.3. The fraction of sp³-hybridized carbons (Fsp3) is 0.583. The van der Waals surface area contributed by atoms with Crippen molar-refractivity contribution >= 4 is 0 Å². The lowest BCUT2D eigenvalue weighted by Gasteiger charge is -2.13. The summed E-state index contributed by atoms with van der Waals surface area (Å²) in [6, 6.07) is 2.28. The standard InChI is InChI=1S/C12H20N6/c1-3-6-18-12(14-10-16-18)8-13-11(2)9-17-7-4-5-15-17/h4-5,7,10-11,13H,3,6,8-9H2,1-2H3. The van der Waals surface area contributed by atoms with Crippen molar-refractivity contribution in [3.63, 3.8) is 0 Å². The van der Waals surface area contributed by atoms with Gasteiger partial charge < -0.3 is 5.32 Å². The van der Waals surface area contributed by atoms with Crippen molar-refractivity contribution in [2.24, 2.45) is 0 Å². The first-order valence-electron chi connectivity index (χ1n) is 6.37. The zero-order valence-electron chi connectivity index (χ0n) is 11.0. The van der Waals surface area contributed by atoms with Crippen LogP contribution in [-0.2, 0) is 19.6 Å². The van der Waals surface area contributed by atoms with E-state index in [-0.39, 0.29) is 0 Å². The molecule has 0 aromatic carbocycles. The first-order valence-corrected chi connectivity index (χ1v) is 6.37. The number of hydrogen-bond acceptors (Lipinski definition) is 4. The molecule has 0 fully saturated rings. The van der Waals surface area contributed by atoms with Crippen LogP contribution in [0.3, 0.4) is 0 Å². The van der Waals surface area contributed by atoms with E-state index >= 15 is 0 Å². The van der Waals surface area contributed by atoms with Crippen LogP contribution in [0.5, 0.6) is 0 Å². The minimum Gasteiger partial charge on any atom is -0.305 e. The predicted octanol–water partition coefficient (Wildman–Crippen LogP) is 1.06. The quantitative estimate of drug-likeness (QED) is 0.796. The Labute approximate surface area is 107 Å². The first kappa shape index (κ1) is 12.8. The Kier molecular flexibility index (Phi) is 4.46. The Hall–Kier alpha value is -1.69. The van der Waals surface area contributed by atoms with Crippen molar-refractivity contribution in [3.8, 4) is 0 Å². The molecule has 98 valence electrons. The number of aryl methyl sites for hydroxylation is 1. The van der Waals surface area contributed by atoms with E-state index in [1.807, 2.05) is 21.6 Å². The lowest BCUT2D eigenvalue weighted by atomic mass is 10.3. The third-order valence-electron chi connectivity index (χ3n) is 2.76. The Bertz CT molecular complexity index is 447. The highest BCUT2D eigenvalue weighted by Gasteiger charge is 2.06. The minimum absolute atomic E-state index is 0.344. The van der Waals surface area contributed by atoms with Crippen LogP contribution in [0.2, 0.25) is 0 Å². The summed E-state index contributed by atoms with van der Waals surface area (Å²) < 4.78 is 3.88. The number of nitrogens with one attached hydrogen (secondary N) is 1. The van der Waals surface area contributed by atoms with Gasteiger partial charge in [0.25, 0.3) is 0 Å². The van der Waals surface area contributed by atoms with Crippen LogP contribution in [0.4, 0.5) is 0 Å². The van der Waals surface area contributed by atoms with E-state index in [9.17, 15) is 0 Å². The van der Waals surface area contributed by atoms with Crippen molar-refractivity contribution < 1.29 is 0 Å². The molecule has 2 aromatic heterocycles. The zero-order chi connectivity index (χ0) is 12.8. The van der Waals surface area contributed by atoms with Gasteiger partial charge in [0.2, 0.25) is 0 Å². The molecular formula is C12H20N6. The predicted molar refractivity (Wildman–Crippen MR) is 68.8 cm³/mol. The second kappa shape index (κ2) is 6.30.